The van der Waals surface area contributed by atoms with Crippen molar-refractivity contribution in [1.29, 1.82) is 0 Å². The molecule has 1 aliphatic rings. The number of primary amides is 1. The number of nitrogens with two attached hydrogens (primary N) is 1. The van der Waals surface area contributed by atoms with Crippen LogP contribution in [0.5, 0.6) is 0 Å². The van der Waals surface area contributed by atoms with Gasteiger partial charge in [0, 0.05) is 11.9 Å². The molecule has 2 rings (SSSR count). The van der Waals surface area contributed by atoms with Crippen LogP contribution in [0.2, 0.25) is 4.47 Å². The van der Waals surface area contributed by atoms with Gasteiger partial charge in [-0.25, -0.2) is 4.98 Å². The molecular formula is C9H12ClN3OS. The third kappa shape index (κ3) is 2.48. The molecule has 4 nitrogen and oxygen atoms in total. The lowest BCUT2D eigenvalue weighted by Gasteiger charge is -2.20. The Hall–Kier alpha value is -0.650. The first-order chi connectivity index (χ1) is 7.16. The maximum absolute atomic E-state index is 11.1. The molecule has 15 heavy (non-hydrogen) atoms. The fourth-order valence-electron chi connectivity index (χ4n) is 1.90. The van der Waals surface area contributed by atoms with Crippen molar-refractivity contribution in [2.45, 2.75) is 25.4 Å². The molecule has 82 valence electrons. The summed E-state index contributed by atoms with van der Waals surface area (Å²) in [5.41, 5.74) is 6.24. The fraction of sp³-hybridized carbons (Fsp3) is 0.556. The second-order valence-corrected chi connectivity index (χ2v) is 5.06. The number of carbonyl (C=O) groups excluding carboxylic acids is 1. The van der Waals surface area contributed by atoms with Gasteiger partial charge in [-0.15, -0.1) is 11.3 Å². The van der Waals surface area contributed by atoms with Crippen LogP contribution in [0.25, 0.3) is 0 Å². The van der Waals surface area contributed by atoms with Gasteiger partial charge in [0.25, 0.3) is 0 Å². The number of likely N-dealkylation sites (tertiary alicyclic amines) is 1. The SMILES string of the molecule is NC(=O)C1CCCN1Cc1csc(Cl)n1. The van der Waals surface area contributed by atoms with E-state index >= 15 is 0 Å². The highest BCUT2D eigenvalue weighted by Gasteiger charge is 2.29. The van der Waals surface area contributed by atoms with Crippen LogP contribution in [0.1, 0.15) is 18.5 Å². The Morgan fingerprint density at radius 1 is 1.80 bits per heavy atom. The Bertz CT molecular complexity index is 368. The number of hydrogen-bond donors (Lipinski definition) is 1. The number of aromatic nitrogens is 1. The predicted octanol–water partition coefficient (Wildman–Crippen LogP) is 1.25. The average molecular weight is 246 g/mol. The molecule has 2 heterocycles. The first-order valence-electron chi connectivity index (χ1n) is 4.80. The quantitative estimate of drug-likeness (QED) is 0.872. The minimum absolute atomic E-state index is 0.134. The molecule has 1 saturated heterocycles. The van der Waals surface area contributed by atoms with Crippen LogP contribution < -0.4 is 5.73 Å². The minimum atomic E-state index is -0.242. The van der Waals surface area contributed by atoms with E-state index in [0.29, 0.717) is 11.0 Å². The van der Waals surface area contributed by atoms with E-state index in [4.69, 9.17) is 17.3 Å². The summed E-state index contributed by atoms with van der Waals surface area (Å²) in [6.07, 6.45) is 1.87. The van der Waals surface area contributed by atoms with Crippen molar-refractivity contribution in [2.75, 3.05) is 6.54 Å². The fourth-order valence-corrected chi connectivity index (χ4v) is 2.67. The normalized spacial score (nSPS) is 22.1. The Kier molecular flexibility index (Phi) is 3.23. The lowest BCUT2D eigenvalue weighted by atomic mass is 10.2. The van der Waals surface area contributed by atoms with E-state index in [1.807, 2.05) is 5.38 Å². The van der Waals surface area contributed by atoms with E-state index in [9.17, 15) is 4.79 Å². The van der Waals surface area contributed by atoms with E-state index in [-0.39, 0.29) is 11.9 Å². The van der Waals surface area contributed by atoms with Gasteiger partial charge < -0.3 is 5.73 Å². The van der Waals surface area contributed by atoms with Crippen molar-refractivity contribution >= 4 is 28.8 Å². The second kappa shape index (κ2) is 4.47. The zero-order valence-electron chi connectivity index (χ0n) is 8.15. The minimum Gasteiger partial charge on any atom is -0.368 e. The molecule has 1 aliphatic heterocycles. The van der Waals surface area contributed by atoms with Crippen LogP contribution >= 0.6 is 22.9 Å². The standard InChI is InChI=1S/C9H12ClN3OS/c10-9-12-6(5-15-9)4-13-3-1-2-7(13)8(11)14/h5,7H,1-4H2,(H2,11,14). The number of rotatable bonds is 3. The van der Waals surface area contributed by atoms with Gasteiger partial charge in [0.2, 0.25) is 5.91 Å². The highest BCUT2D eigenvalue weighted by atomic mass is 35.5. The number of nitrogens with zero attached hydrogens (tertiary/aromatic N) is 2. The number of hydrogen-bond acceptors (Lipinski definition) is 4. The van der Waals surface area contributed by atoms with Crippen molar-refractivity contribution < 1.29 is 4.79 Å². The van der Waals surface area contributed by atoms with Gasteiger partial charge in [-0.3, -0.25) is 9.69 Å². The first kappa shape index (κ1) is 10.9. The van der Waals surface area contributed by atoms with Gasteiger partial charge in [-0.05, 0) is 19.4 Å². The highest BCUT2D eigenvalue weighted by molar-refractivity contribution is 7.13. The third-order valence-electron chi connectivity index (χ3n) is 2.58. The van der Waals surface area contributed by atoms with Crippen LogP contribution in [0, 0.1) is 0 Å². The molecule has 1 amide bonds. The molecule has 0 aromatic carbocycles. The Labute approximate surface area is 97.0 Å². The van der Waals surface area contributed by atoms with Gasteiger partial charge in [0.15, 0.2) is 4.47 Å². The highest BCUT2D eigenvalue weighted by Crippen LogP contribution is 2.22. The predicted molar refractivity (Wildman–Crippen MR) is 59.8 cm³/mol. The van der Waals surface area contributed by atoms with Crippen molar-refractivity contribution in [2.24, 2.45) is 5.73 Å². The summed E-state index contributed by atoms with van der Waals surface area (Å²) < 4.78 is 0.542. The molecule has 1 aromatic heterocycles. The lowest BCUT2D eigenvalue weighted by Crippen LogP contribution is -2.39. The van der Waals surface area contributed by atoms with Crippen molar-refractivity contribution in [1.82, 2.24) is 9.88 Å². The summed E-state index contributed by atoms with van der Waals surface area (Å²) in [5, 5.41) is 1.92. The molecule has 1 aromatic rings. The molecule has 2 N–H and O–H groups in total. The number of carbonyl (C=O) groups is 1. The van der Waals surface area contributed by atoms with Crippen LogP contribution in [-0.2, 0) is 11.3 Å². The molecule has 0 spiro atoms. The maximum atomic E-state index is 11.1. The molecule has 0 radical (unpaired) electrons. The van der Waals surface area contributed by atoms with Gasteiger partial charge in [-0.1, -0.05) is 11.6 Å². The van der Waals surface area contributed by atoms with Crippen molar-refractivity contribution in [3.8, 4) is 0 Å². The summed E-state index contributed by atoms with van der Waals surface area (Å²) in [5.74, 6) is -0.242. The van der Waals surface area contributed by atoms with Crippen molar-refractivity contribution in [3.63, 3.8) is 0 Å². The molecule has 0 bridgehead atoms. The topological polar surface area (TPSA) is 59.2 Å². The Balaban J connectivity index is 2.02. The molecule has 1 fully saturated rings. The third-order valence-corrected chi connectivity index (χ3v) is 3.61. The van der Waals surface area contributed by atoms with Gasteiger partial charge >= 0.3 is 0 Å². The van der Waals surface area contributed by atoms with E-state index in [0.717, 1.165) is 25.1 Å². The van der Waals surface area contributed by atoms with E-state index in [1.165, 1.54) is 11.3 Å². The van der Waals surface area contributed by atoms with E-state index in [2.05, 4.69) is 9.88 Å². The van der Waals surface area contributed by atoms with Crippen LogP contribution in [-0.4, -0.2) is 28.4 Å². The maximum Gasteiger partial charge on any atom is 0.234 e. The zero-order valence-corrected chi connectivity index (χ0v) is 9.72. The van der Waals surface area contributed by atoms with Crippen LogP contribution in [0.15, 0.2) is 5.38 Å². The summed E-state index contributed by atoms with van der Waals surface area (Å²) in [6.45, 7) is 1.57. The van der Waals surface area contributed by atoms with Gasteiger partial charge in [0.05, 0.1) is 11.7 Å². The molecule has 6 heteroatoms. The molecule has 1 atom stereocenters. The smallest absolute Gasteiger partial charge is 0.234 e. The van der Waals surface area contributed by atoms with Crippen LogP contribution in [0.3, 0.4) is 0 Å². The second-order valence-electron chi connectivity index (χ2n) is 3.62. The van der Waals surface area contributed by atoms with E-state index in [1.54, 1.807) is 0 Å². The largest absolute Gasteiger partial charge is 0.368 e. The molecule has 0 saturated carbocycles. The van der Waals surface area contributed by atoms with E-state index < -0.39 is 0 Å². The van der Waals surface area contributed by atoms with Crippen LogP contribution in [0.4, 0.5) is 0 Å². The first-order valence-corrected chi connectivity index (χ1v) is 6.06. The number of thiazole rings is 1. The number of amides is 1. The average Bonchev–Trinajstić information content (AvgIpc) is 2.75. The number of halogens is 1. The molecule has 1 unspecified atom stereocenters. The monoisotopic (exact) mass is 245 g/mol. The summed E-state index contributed by atoms with van der Waals surface area (Å²) in [6, 6.07) is -0.134. The summed E-state index contributed by atoms with van der Waals surface area (Å²) in [4.78, 5) is 17.4. The summed E-state index contributed by atoms with van der Waals surface area (Å²) in [7, 11) is 0. The van der Waals surface area contributed by atoms with Gasteiger partial charge in [0.1, 0.15) is 0 Å². The van der Waals surface area contributed by atoms with Gasteiger partial charge in [-0.2, -0.15) is 0 Å². The Morgan fingerprint density at radius 2 is 2.60 bits per heavy atom. The van der Waals surface area contributed by atoms with Crippen molar-refractivity contribution in [3.05, 3.63) is 15.5 Å². The zero-order chi connectivity index (χ0) is 10.8. The molecular weight excluding hydrogens is 234 g/mol. The summed E-state index contributed by atoms with van der Waals surface area (Å²) >= 11 is 7.15. The Morgan fingerprint density at radius 3 is 3.20 bits per heavy atom. The molecule has 0 aliphatic carbocycles. The lowest BCUT2D eigenvalue weighted by molar-refractivity contribution is -0.122.